The van der Waals surface area contributed by atoms with Gasteiger partial charge in [0.05, 0.1) is 10.8 Å². The quantitative estimate of drug-likeness (QED) is 0.605. The number of nitrogens with one attached hydrogen (secondary N) is 1. The fourth-order valence-corrected chi connectivity index (χ4v) is 5.06. The molecule has 10 nitrogen and oxygen atoms in total. The molecule has 1 unspecified atom stereocenters. The van der Waals surface area contributed by atoms with Gasteiger partial charge in [0, 0.05) is 50.5 Å². The summed E-state index contributed by atoms with van der Waals surface area (Å²) in [7, 11) is -0.931. The number of nitrogens with zero attached hydrogens (tertiary/aromatic N) is 2. The van der Waals surface area contributed by atoms with Crippen LogP contribution in [-0.4, -0.2) is 63.4 Å². The van der Waals surface area contributed by atoms with Crippen LogP contribution < -0.4 is 20.5 Å². The number of primary amides is 1. The Bertz CT molecular complexity index is 1210. The van der Waals surface area contributed by atoms with Gasteiger partial charge in [0.25, 0.3) is 5.91 Å². The van der Waals surface area contributed by atoms with Crippen LogP contribution in [0.25, 0.3) is 0 Å². The lowest BCUT2D eigenvalue weighted by Gasteiger charge is -2.31. The first-order valence-corrected chi connectivity index (χ1v) is 12.4. The van der Waals surface area contributed by atoms with Crippen LogP contribution in [0.15, 0.2) is 41.3 Å². The van der Waals surface area contributed by atoms with E-state index in [0.29, 0.717) is 43.1 Å². The number of carbonyl (C=O) groups is 2. The van der Waals surface area contributed by atoms with Crippen LogP contribution in [0.2, 0.25) is 0 Å². The second-order valence-corrected chi connectivity index (χ2v) is 10.7. The third-order valence-electron chi connectivity index (χ3n) is 6.00. The van der Waals surface area contributed by atoms with Crippen LogP contribution in [0.5, 0.6) is 11.5 Å². The highest BCUT2D eigenvalue weighted by Gasteiger charge is 2.29. The Morgan fingerprint density at radius 2 is 2.00 bits per heavy atom. The Hall–Kier alpha value is -3.31. The summed E-state index contributed by atoms with van der Waals surface area (Å²) in [5.41, 5.74) is 6.97. The highest BCUT2D eigenvalue weighted by Crippen LogP contribution is 2.36. The van der Waals surface area contributed by atoms with Crippen molar-refractivity contribution in [2.75, 3.05) is 39.3 Å². The average Bonchev–Trinajstić information content (AvgIpc) is 3.31. The number of para-hydroxylation sites is 1. The molecule has 1 saturated heterocycles. The molecule has 2 amide bonds. The number of hydrogen-bond acceptors (Lipinski definition) is 7. The Balaban J connectivity index is 1.64. The third kappa shape index (κ3) is 4.80. The molecular formula is C23H28N4O6S. The standard InChI is InChI=1S/C23H28N4O6S/c1-26(2)34(30,31)19-10-17(23(29)27-8-4-6-16(13-27)22(24)28)9-18(11-19)25-12-15-5-3-7-20-21(15)33-14-32-20/h3,5,7,9-11,16,25H,4,6,8,12-14H2,1-2H3,(H2,24,28). The van der Waals surface area contributed by atoms with E-state index in [0.717, 1.165) is 9.87 Å². The van der Waals surface area contributed by atoms with Crippen molar-refractivity contribution in [3.8, 4) is 11.5 Å². The molecule has 3 N–H and O–H groups in total. The molecule has 1 fully saturated rings. The molecule has 0 bridgehead atoms. The van der Waals surface area contributed by atoms with Gasteiger partial charge in [-0.15, -0.1) is 0 Å². The number of piperidine rings is 1. The molecule has 0 spiro atoms. The number of anilines is 1. The minimum atomic E-state index is -3.80. The second kappa shape index (κ2) is 9.51. The number of hydrogen-bond donors (Lipinski definition) is 2. The number of rotatable bonds is 7. The predicted molar refractivity (Wildman–Crippen MR) is 125 cm³/mol. The first-order chi connectivity index (χ1) is 16.2. The van der Waals surface area contributed by atoms with Crippen LogP contribution in [0.4, 0.5) is 5.69 Å². The number of nitrogens with two attached hydrogens (primary N) is 1. The van der Waals surface area contributed by atoms with Crippen LogP contribution in [0.1, 0.15) is 28.8 Å². The average molecular weight is 489 g/mol. The Morgan fingerprint density at radius 1 is 1.21 bits per heavy atom. The van der Waals surface area contributed by atoms with Crippen LogP contribution in [0, 0.1) is 5.92 Å². The molecule has 1 atom stereocenters. The van der Waals surface area contributed by atoms with Crippen LogP contribution in [-0.2, 0) is 21.4 Å². The highest BCUT2D eigenvalue weighted by molar-refractivity contribution is 7.89. The molecule has 11 heteroatoms. The van der Waals surface area contributed by atoms with Crippen molar-refractivity contribution in [2.24, 2.45) is 11.7 Å². The maximum atomic E-state index is 13.3. The lowest BCUT2D eigenvalue weighted by Crippen LogP contribution is -2.44. The SMILES string of the molecule is CN(C)S(=O)(=O)c1cc(NCc2cccc3c2OCO3)cc(C(=O)N2CCCC(C(N)=O)C2)c1. The molecule has 0 aliphatic carbocycles. The molecule has 182 valence electrons. The van der Waals surface area contributed by atoms with E-state index in [1.54, 1.807) is 11.0 Å². The van der Waals surface area contributed by atoms with Crippen molar-refractivity contribution in [1.82, 2.24) is 9.21 Å². The molecule has 0 radical (unpaired) electrons. The third-order valence-corrected chi connectivity index (χ3v) is 7.80. The van der Waals surface area contributed by atoms with Gasteiger partial charge in [-0.3, -0.25) is 9.59 Å². The summed E-state index contributed by atoms with van der Waals surface area (Å²) in [6, 6.07) is 10.0. The summed E-state index contributed by atoms with van der Waals surface area (Å²) in [5, 5.41) is 3.20. The molecule has 2 aromatic rings. The summed E-state index contributed by atoms with van der Waals surface area (Å²) >= 11 is 0. The van der Waals surface area contributed by atoms with E-state index in [-0.39, 0.29) is 29.7 Å². The predicted octanol–water partition coefficient (Wildman–Crippen LogP) is 1.62. The molecule has 0 saturated carbocycles. The Morgan fingerprint density at radius 3 is 2.74 bits per heavy atom. The molecule has 2 heterocycles. The molecule has 0 aromatic heterocycles. The molecule has 34 heavy (non-hydrogen) atoms. The van der Waals surface area contributed by atoms with Crippen molar-refractivity contribution in [3.63, 3.8) is 0 Å². The summed E-state index contributed by atoms with van der Waals surface area (Å²) < 4.78 is 37.8. The van der Waals surface area contributed by atoms with Crippen molar-refractivity contribution in [1.29, 1.82) is 0 Å². The molecule has 2 aliphatic heterocycles. The van der Waals surface area contributed by atoms with E-state index in [1.165, 1.54) is 26.2 Å². The normalized spacial score (nSPS) is 17.6. The fraction of sp³-hybridized carbons (Fsp3) is 0.391. The number of likely N-dealkylation sites (tertiary alicyclic amines) is 1. The largest absolute Gasteiger partial charge is 0.454 e. The molecular weight excluding hydrogens is 460 g/mol. The smallest absolute Gasteiger partial charge is 0.253 e. The van der Waals surface area contributed by atoms with E-state index in [4.69, 9.17) is 15.2 Å². The van der Waals surface area contributed by atoms with Gasteiger partial charge in [-0.1, -0.05) is 12.1 Å². The number of fused-ring (bicyclic) bond motifs is 1. The minimum absolute atomic E-state index is 0.00724. The first kappa shape index (κ1) is 23.8. The lowest BCUT2D eigenvalue weighted by molar-refractivity contribution is -0.123. The topological polar surface area (TPSA) is 131 Å². The van der Waals surface area contributed by atoms with Gasteiger partial charge in [0.2, 0.25) is 22.7 Å². The molecule has 2 aliphatic rings. The van der Waals surface area contributed by atoms with E-state index < -0.39 is 21.8 Å². The van der Waals surface area contributed by atoms with Crippen molar-refractivity contribution in [3.05, 3.63) is 47.5 Å². The van der Waals surface area contributed by atoms with E-state index in [1.807, 2.05) is 18.2 Å². The zero-order chi connectivity index (χ0) is 24.5. The maximum Gasteiger partial charge on any atom is 0.253 e. The van der Waals surface area contributed by atoms with Crippen molar-refractivity contribution in [2.45, 2.75) is 24.3 Å². The summed E-state index contributed by atoms with van der Waals surface area (Å²) in [6.07, 6.45) is 1.29. The number of ether oxygens (including phenoxy) is 2. The fourth-order valence-electron chi connectivity index (χ4n) is 4.09. The van der Waals surface area contributed by atoms with E-state index >= 15 is 0 Å². The van der Waals surface area contributed by atoms with Crippen molar-refractivity contribution < 1.29 is 27.5 Å². The van der Waals surface area contributed by atoms with Gasteiger partial charge in [-0.25, -0.2) is 12.7 Å². The highest BCUT2D eigenvalue weighted by atomic mass is 32.2. The van der Waals surface area contributed by atoms with Gasteiger partial charge in [-0.2, -0.15) is 0 Å². The lowest BCUT2D eigenvalue weighted by atomic mass is 9.97. The number of sulfonamides is 1. The van der Waals surface area contributed by atoms with Gasteiger partial charge < -0.3 is 25.4 Å². The first-order valence-electron chi connectivity index (χ1n) is 10.9. The molecule has 4 rings (SSSR count). The summed E-state index contributed by atoms with van der Waals surface area (Å²) in [5.74, 6) is 0.0845. The van der Waals surface area contributed by atoms with E-state index in [2.05, 4.69) is 5.32 Å². The van der Waals surface area contributed by atoms with Gasteiger partial charge >= 0.3 is 0 Å². The van der Waals surface area contributed by atoms with Crippen LogP contribution >= 0.6 is 0 Å². The monoisotopic (exact) mass is 488 g/mol. The number of benzene rings is 2. The second-order valence-electron chi connectivity index (χ2n) is 8.53. The number of carbonyl (C=O) groups excluding carboxylic acids is 2. The Labute approximate surface area is 198 Å². The maximum absolute atomic E-state index is 13.3. The van der Waals surface area contributed by atoms with E-state index in [9.17, 15) is 18.0 Å². The zero-order valence-electron chi connectivity index (χ0n) is 19.1. The zero-order valence-corrected chi connectivity index (χ0v) is 19.9. The van der Waals surface area contributed by atoms with Gasteiger partial charge in [0.1, 0.15) is 0 Å². The van der Waals surface area contributed by atoms with Crippen molar-refractivity contribution >= 4 is 27.5 Å². The van der Waals surface area contributed by atoms with Gasteiger partial charge in [-0.05, 0) is 37.1 Å². The van der Waals surface area contributed by atoms with Crippen LogP contribution in [0.3, 0.4) is 0 Å². The minimum Gasteiger partial charge on any atom is -0.454 e. The molecule has 2 aromatic carbocycles. The number of amides is 2. The summed E-state index contributed by atoms with van der Waals surface area (Å²) in [6.45, 7) is 1.17. The van der Waals surface area contributed by atoms with Gasteiger partial charge in [0.15, 0.2) is 11.5 Å². The Kier molecular flexibility index (Phi) is 6.67. The summed E-state index contributed by atoms with van der Waals surface area (Å²) in [4.78, 5) is 26.5.